The summed E-state index contributed by atoms with van der Waals surface area (Å²) in [6, 6.07) is 1.23. The van der Waals surface area contributed by atoms with Gasteiger partial charge in [0.25, 0.3) is 0 Å². The summed E-state index contributed by atoms with van der Waals surface area (Å²) in [7, 11) is 0. The highest BCUT2D eigenvalue weighted by Gasteiger charge is 2.36. The summed E-state index contributed by atoms with van der Waals surface area (Å²) in [5, 5.41) is 7.16. The third-order valence-corrected chi connectivity index (χ3v) is 25.6. The molecule has 0 spiro atoms. The first-order valence-corrected chi connectivity index (χ1v) is 54.5. The second kappa shape index (κ2) is 61.7. The molecule has 0 radical (unpaired) electrons. The number of piperazine rings is 5. The van der Waals surface area contributed by atoms with Crippen LogP contribution in [0, 0.1) is 16.2 Å². The SMILES string of the molecule is CC(C)(C)CCC(=O)N1CCN(CCOC(C)(C)C)CC1.CC(C)(C)CCN1CCCN(CCNC(C)(C)C)CC1.CC(C)(C)CCN1CCN(CCNC(C)(C)C)CC1.CC(C)(C)OCCC(=O)N1CCN(CCOC(C)(C)C)CC1.CC(C)(C)OCCN1CCCN(C(C)(C)C)CC1.CC(C)(C)OCCN1CCN(C(C)(C)C)CC1.CC1CN(C(C)(C)C)C(C)CN1CCOC(C)(C)C. The van der Waals surface area contributed by atoms with Gasteiger partial charge in [-0.15, -0.1) is 0 Å². The van der Waals surface area contributed by atoms with Crippen LogP contribution in [-0.4, -0.2) is 436 Å². The molecule has 0 aromatic rings. The third kappa shape index (κ3) is 73.2. The topological polar surface area (TPSA) is 159 Å². The molecule has 812 valence electrons. The fourth-order valence-corrected chi connectivity index (χ4v) is 16.9. The molecule has 24 heteroatoms. The van der Waals surface area contributed by atoms with Crippen LogP contribution < -0.4 is 10.6 Å². The van der Waals surface area contributed by atoms with E-state index in [0.717, 1.165) is 151 Å². The number of hydrogen-bond donors (Lipinski definition) is 2. The molecule has 2 amide bonds. The normalized spacial score (nSPS) is 20.7. The maximum atomic E-state index is 12.2. The van der Waals surface area contributed by atoms with Crippen molar-refractivity contribution in [2.24, 2.45) is 16.2 Å². The Morgan fingerprint density at radius 3 is 0.801 bits per heavy atom. The molecule has 2 atom stereocenters. The average molecular weight is 1940 g/mol. The Balaban J connectivity index is 0.000000794. The van der Waals surface area contributed by atoms with E-state index in [1.165, 1.54) is 157 Å². The van der Waals surface area contributed by atoms with Crippen molar-refractivity contribution < 1.29 is 38.0 Å². The van der Waals surface area contributed by atoms with E-state index in [9.17, 15) is 9.59 Å². The summed E-state index contributed by atoms with van der Waals surface area (Å²) in [4.78, 5) is 58.9. The number of rotatable bonds is 30. The van der Waals surface area contributed by atoms with Gasteiger partial charge in [-0.25, -0.2) is 0 Å². The van der Waals surface area contributed by atoms with E-state index < -0.39 is 0 Å². The smallest absolute Gasteiger partial charge is 0.224 e. The number of carbonyl (C=O) groups is 2. The summed E-state index contributed by atoms with van der Waals surface area (Å²) >= 11 is 0. The van der Waals surface area contributed by atoms with Crippen LogP contribution in [-0.2, 0) is 38.0 Å². The molecule has 24 nitrogen and oxygen atoms in total. The Labute approximate surface area is 845 Å². The summed E-state index contributed by atoms with van der Waals surface area (Å²) in [5.41, 5.74) is 2.17. The van der Waals surface area contributed by atoms with Gasteiger partial charge in [0.1, 0.15) is 0 Å². The van der Waals surface area contributed by atoms with Crippen LogP contribution >= 0.6 is 0 Å². The van der Waals surface area contributed by atoms with E-state index in [1.54, 1.807) is 0 Å². The number of ether oxygens (including phenoxy) is 6. The van der Waals surface area contributed by atoms with Crippen molar-refractivity contribution in [2.45, 2.75) is 423 Å². The van der Waals surface area contributed by atoms with Gasteiger partial charge in [-0.1, -0.05) is 62.3 Å². The first kappa shape index (κ1) is 132. The lowest BCUT2D eigenvalue weighted by atomic mass is 9.90. The molecule has 7 aliphatic rings. The summed E-state index contributed by atoms with van der Waals surface area (Å²) in [6.07, 6.45) is 7.32. The minimum absolute atomic E-state index is 0.00671. The molecule has 7 saturated heterocycles. The largest absolute Gasteiger partial charge is 0.375 e. The van der Waals surface area contributed by atoms with Crippen LogP contribution in [0.1, 0.15) is 350 Å². The fraction of sp³-hybridized carbons (Fsp3) is 0.982. The second-order valence-electron chi connectivity index (χ2n) is 55.1. The molecule has 0 aliphatic carbocycles. The van der Waals surface area contributed by atoms with Crippen LogP contribution in [0.5, 0.6) is 0 Å². The molecule has 136 heavy (non-hydrogen) atoms. The predicted molar refractivity (Wildman–Crippen MR) is 585 cm³/mol. The van der Waals surface area contributed by atoms with E-state index in [4.69, 9.17) is 28.4 Å². The van der Waals surface area contributed by atoms with Crippen molar-refractivity contribution >= 4 is 11.8 Å². The molecule has 2 unspecified atom stereocenters. The Morgan fingerprint density at radius 2 is 0.500 bits per heavy atom. The van der Waals surface area contributed by atoms with Crippen molar-refractivity contribution in [3.8, 4) is 0 Å². The fourth-order valence-electron chi connectivity index (χ4n) is 16.9. The van der Waals surface area contributed by atoms with Crippen LogP contribution in [0.3, 0.4) is 0 Å². The van der Waals surface area contributed by atoms with Crippen LogP contribution in [0.15, 0.2) is 0 Å². The lowest BCUT2D eigenvalue weighted by Crippen LogP contribution is -2.61. The Kier molecular flexibility index (Phi) is 59.9. The number of hydrogen-bond acceptors (Lipinski definition) is 22. The second-order valence-corrected chi connectivity index (χ2v) is 55.1. The summed E-state index contributed by atoms with van der Waals surface area (Å²) < 4.78 is 34.6. The zero-order chi connectivity index (χ0) is 104. The van der Waals surface area contributed by atoms with Gasteiger partial charge in [-0.3, -0.25) is 53.7 Å². The lowest BCUT2D eigenvalue weighted by molar-refractivity contribution is -0.135. The molecule has 7 heterocycles. The van der Waals surface area contributed by atoms with Gasteiger partial charge >= 0.3 is 0 Å². The van der Waals surface area contributed by atoms with Crippen molar-refractivity contribution in [2.75, 3.05) is 282 Å². The van der Waals surface area contributed by atoms with Crippen molar-refractivity contribution in [1.82, 2.24) is 79.2 Å². The monoisotopic (exact) mass is 1930 g/mol. The number of nitrogens with one attached hydrogen (secondary N) is 2. The highest BCUT2D eigenvalue weighted by atomic mass is 16.5. The highest BCUT2D eigenvalue weighted by Crippen LogP contribution is 2.28. The van der Waals surface area contributed by atoms with E-state index in [-0.39, 0.29) is 61.5 Å². The zero-order valence-electron chi connectivity index (χ0n) is 99.0. The predicted octanol–water partition coefficient (Wildman–Crippen LogP) is 18.0. The zero-order valence-corrected chi connectivity index (χ0v) is 99.0. The molecule has 7 rings (SSSR count). The molecule has 0 bridgehead atoms. The van der Waals surface area contributed by atoms with E-state index >= 15 is 0 Å². The summed E-state index contributed by atoms with van der Waals surface area (Å²) in [6.45, 7) is 143. The first-order valence-electron chi connectivity index (χ1n) is 54.5. The molecule has 0 aromatic heterocycles. The van der Waals surface area contributed by atoms with Gasteiger partial charge in [0, 0.05) is 249 Å². The Bertz CT molecular complexity index is 3030. The minimum atomic E-state index is -0.175. The number of nitrogens with zero attached hydrogens (tertiary/aromatic N) is 14. The summed E-state index contributed by atoms with van der Waals surface area (Å²) in [5.74, 6) is 0.519. The van der Waals surface area contributed by atoms with Gasteiger partial charge in [0.15, 0.2) is 0 Å². The van der Waals surface area contributed by atoms with E-state index in [1.807, 2.05) is 30.6 Å². The van der Waals surface area contributed by atoms with Gasteiger partial charge in [-0.2, -0.15) is 0 Å². The maximum absolute atomic E-state index is 12.2. The molecule has 0 aromatic carbocycles. The molecule has 0 saturated carbocycles. The van der Waals surface area contributed by atoms with Gasteiger partial charge < -0.3 is 63.6 Å². The van der Waals surface area contributed by atoms with Gasteiger partial charge in [0.2, 0.25) is 11.8 Å². The van der Waals surface area contributed by atoms with Crippen LogP contribution in [0.25, 0.3) is 0 Å². The van der Waals surface area contributed by atoms with Crippen molar-refractivity contribution in [3.63, 3.8) is 0 Å². The molecule has 7 aliphatic heterocycles. The third-order valence-electron chi connectivity index (χ3n) is 25.6. The van der Waals surface area contributed by atoms with E-state index in [0.29, 0.717) is 59.3 Å². The van der Waals surface area contributed by atoms with Crippen LogP contribution in [0.2, 0.25) is 0 Å². The maximum Gasteiger partial charge on any atom is 0.224 e. The van der Waals surface area contributed by atoms with Crippen LogP contribution in [0.4, 0.5) is 0 Å². The van der Waals surface area contributed by atoms with Gasteiger partial charge in [0.05, 0.1) is 79.7 Å². The highest BCUT2D eigenvalue weighted by molar-refractivity contribution is 5.76. The Morgan fingerprint density at radius 1 is 0.250 bits per heavy atom. The molecule has 7 fully saturated rings. The van der Waals surface area contributed by atoms with Crippen molar-refractivity contribution in [3.05, 3.63) is 0 Å². The van der Waals surface area contributed by atoms with Gasteiger partial charge in [-0.05, 0) is 330 Å². The number of carbonyl (C=O) groups excluding carboxylic acids is 2. The molecular weight excluding hydrogens is 1700 g/mol. The Hall–Kier alpha value is -1.86. The first-order chi connectivity index (χ1) is 61.8. The average Bonchev–Trinajstić information content (AvgIpc) is 1.63. The molecule has 2 N–H and O–H groups in total. The standard InChI is InChI=1S/C17H37N3.C17H34N2O3.C17H34N2O2.C16H35N3.C16H34N2O.C15H32N2O.C14H30N2O/c1-16(2,3)8-12-19-10-7-11-20(15-14-19)13-9-18-17(4,5)6;1-16(2,3)21-13-7-15(20)19-10-8-18(9-11-19)12-14-22-17(4,5)6;1-16(2,3)8-7-15(20)19-11-9-18(10-12-19)13-14-21-17(4,5)6;1-15(2,3)7-9-18-11-13-19(14-12-18)10-8-17-16(4,5)6;1-13-12-18(15(3,4)5)14(2)11-17(13)9-10-19-16(6,7)8;1-14(2,3)17-9-7-8-16(10-11-17)12-13-18-15(4,5)6;1-13(2,3)16-9-7-15(8-10-16)11-12-17-14(4,5)6/h18H,7-15H2,1-6H3;7-14H2,1-6H3;7-14H2,1-6H3;17H,7-14H2,1-6H3;13-14H,9-12H2,1-8H3;7-13H2,1-6H3;7-12H2,1-6H3. The quantitative estimate of drug-likeness (QED) is 0.0699. The lowest BCUT2D eigenvalue weighted by Gasteiger charge is -2.50. The van der Waals surface area contributed by atoms with Crippen molar-refractivity contribution in [1.29, 1.82) is 0 Å². The van der Waals surface area contributed by atoms with E-state index in [2.05, 4.69) is 353 Å². The number of amides is 2. The molecular formula is C112H236N16O8. The minimum Gasteiger partial charge on any atom is -0.375 e.